The minimum atomic E-state index is -0.189. The van der Waals surface area contributed by atoms with E-state index in [0.717, 1.165) is 38.6 Å². The van der Waals surface area contributed by atoms with Gasteiger partial charge >= 0.3 is 0 Å². The Morgan fingerprint density at radius 3 is 2.44 bits per heavy atom. The predicted octanol–water partition coefficient (Wildman–Crippen LogP) is 2.07. The van der Waals surface area contributed by atoms with Crippen LogP contribution in [0, 0.1) is 5.41 Å². The van der Waals surface area contributed by atoms with Gasteiger partial charge in [0.25, 0.3) is 0 Å². The summed E-state index contributed by atoms with van der Waals surface area (Å²) in [4.78, 5) is 17.0. The lowest BCUT2D eigenvalue weighted by Gasteiger charge is -2.40. The van der Waals surface area contributed by atoms with Crippen LogP contribution in [0.15, 0.2) is 0 Å². The average Bonchev–Trinajstić information content (AvgIpc) is 2.92. The number of thioether (sulfide) groups is 1. The maximum Gasteiger partial charge on any atom is 0.228 e. The second-order valence-corrected chi connectivity index (χ2v) is 7.23. The van der Waals surface area contributed by atoms with Gasteiger partial charge < -0.3 is 4.90 Å². The summed E-state index contributed by atoms with van der Waals surface area (Å²) in [6.45, 7) is 10.2. The highest BCUT2D eigenvalue weighted by Crippen LogP contribution is 2.26. The molecule has 0 spiro atoms. The van der Waals surface area contributed by atoms with Crippen molar-refractivity contribution >= 4 is 17.7 Å². The third-order valence-corrected chi connectivity index (χ3v) is 5.63. The van der Waals surface area contributed by atoms with Gasteiger partial charge in [-0.3, -0.25) is 9.69 Å². The lowest BCUT2D eigenvalue weighted by Crippen LogP contribution is -2.54. The lowest BCUT2D eigenvalue weighted by molar-refractivity contribution is -0.142. The molecule has 0 radical (unpaired) electrons. The molecule has 0 saturated carbocycles. The smallest absolute Gasteiger partial charge is 0.228 e. The minimum absolute atomic E-state index is 0.189. The van der Waals surface area contributed by atoms with Gasteiger partial charge in [0.1, 0.15) is 0 Å². The summed E-state index contributed by atoms with van der Waals surface area (Å²) in [6, 6.07) is 0.770. The average molecular weight is 270 g/mol. The van der Waals surface area contributed by atoms with Crippen molar-refractivity contribution in [1.82, 2.24) is 9.80 Å². The van der Waals surface area contributed by atoms with Gasteiger partial charge in [-0.25, -0.2) is 0 Å². The van der Waals surface area contributed by atoms with Crippen molar-refractivity contribution in [2.24, 2.45) is 5.41 Å². The van der Waals surface area contributed by atoms with Gasteiger partial charge in [-0.05, 0) is 18.6 Å². The zero-order valence-corrected chi connectivity index (χ0v) is 12.8. The van der Waals surface area contributed by atoms with E-state index in [-0.39, 0.29) is 5.41 Å². The largest absolute Gasteiger partial charge is 0.340 e. The van der Waals surface area contributed by atoms with Crippen molar-refractivity contribution in [1.29, 1.82) is 0 Å². The van der Waals surface area contributed by atoms with E-state index in [9.17, 15) is 4.79 Å². The van der Waals surface area contributed by atoms with E-state index in [4.69, 9.17) is 0 Å². The topological polar surface area (TPSA) is 23.6 Å². The number of hydrogen-bond donors (Lipinski definition) is 0. The fourth-order valence-corrected chi connectivity index (χ4v) is 3.93. The Hall–Kier alpha value is -0.220. The van der Waals surface area contributed by atoms with E-state index in [2.05, 4.69) is 42.3 Å². The summed E-state index contributed by atoms with van der Waals surface area (Å²) in [5.74, 6) is 2.94. The van der Waals surface area contributed by atoms with Crippen LogP contribution < -0.4 is 0 Å². The molecule has 104 valence electrons. The summed E-state index contributed by atoms with van der Waals surface area (Å²) in [5, 5.41) is 0. The Balaban J connectivity index is 1.84. The molecule has 0 bridgehead atoms. The first-order valence-electron chi connectivity index (χ1n) is 7.16. The van der Waals surface area contributed by atoms with Crippen LogP contribution in [0.4, 0.5) is 0 Å². The van der Waals surface area contributed by atoms with E-state index < -0.39 is 0 Å². The Bertz CT molecular complexity index is 292. The summed E-state index contributed by atoms with van der Waals surface area (Å²) < 4.78 is 0. The van der Waals surface area contributed by atoms with E-state index in [1.54, 1.807) is 0 Å². The molecule has 2 fully saturated rings. The van der Waals surface area contributed by atoms with Gasteiger partial charge in [0, 0.05) is 43.4 Å². The molecule has 0 aromatic carbocycles. The second-order valence-electron chi connectivity index (χ2n) is 6.08. The molecule has 0 aliphatic carbocycles. The standard InChI is InChI=1S/C14H26N2OS/c1-4-14(2,3)13(17)16-8-6-15(7-9-16)12-5-10-18-11-12/h12H,4-11H2,1-3H3. The van der Waals surface area contributed by atoms with Gasteiger partial charge in [-0.2, -0.15) is 11.8 Å². The van der Waals surface area contributed by atoms with Crippen molar-refractivity contribution < 1.29 is 4.79 Å². The van der Waals surface area contributed by atoms with Gasteiger partial charge in [0.2, 0.25) is 5.91 Å². The van der Waals surface area contributed by atoms with Crippen LogP contribution in [0.25, 0.3) is 0 Å². The number of amides is 1. The zero-order valence-electron chi connectivity index (χ0n) is 11.9. The van der Waals surface area contributed by atoms with Crippen LogP contribution >= 0.6 is 11.8 Å². The molecule has 1 unspecified atom stereocenters. The van der Waals surface area contributed by atoms with Gasteiger partial charge in [0.15, 0.2) is 0 Å². The fraction of sp³-hybridized carbons (Fsp3) is 0.929. The van der Waals surface area contributed by atoms with Gasteiger partial charge in [-0.1, -0.05) is 20.8 Å². The summed E-state index contributed by atoms with van der Waals surface area (Å²) in [7, 11) is 0. The van der Waals surface area contributed by atoms with Crippen LogP contribution in [0.3, 0.4) is 0 Å². The molecule has 0 aromatic heterocycles. The first kappa shape index (κ1) is 14.2. The molecular formula is C14H26N2OS. The van der Waals surface area contributed by atoms with Gasteiger partial charge in [0.05, 0.1) is 0 Å². The van der Waals surface area contributed by atoms with Crippen molar-refractivity contribution in [3.05, 3.63) is 0 Å². The van der Waals surface area contributed by atoms with Crippen molar-refractivity contribution in [3.63, 3.8) is 0 Å². The molecule has 3 nitrogen and oxygen atoms in total. The molecule has 0 aromatic rings. The Labute approximate surface area is 115 Å². The Morgan fingerprint density at radius 2 is 1.94 bits per heavy atom. The van der Waals surface area contributed by atoms with Crippen molar-refractivity contribution in [2.45, 2.75) is 39.7 Å². The maximum atomic E-state index is 12.4. The number of piperazine rings is 1. The fourth-order valence-electron chi connectivity index (χ4n) is 2.68. The van der Waals surface area contributed by atoms with Crippen LogP contribution in [0.5, 0.6) is 0 Å². The first-order chi connectivity index (χ1) is 8.54. The third kappa shape index (κ3) is 3.02. The molecule has 4 heteroatoms. The van der Waals surface area contributed by atoms with Crippen LogP contribution in [0.1, 0.15) is 33.6 Å². The number of carbonyl (C=O) groups excluding carboxylic acids is 1. The zero-order chi connectivity index (χ0) is 13.2. The second kappa shape index (κ2) is 5.83. The monoisotopic (exact) mass is 270 g/mol. The van der Waals surface area contributed by atoms with Gasteiger partial charge in [-0.15, -0.1) is 0 Å². The lowest BCUT2D eigenvalue weighted by atomic mass is 9.88. The Morgan fingerprint density at radius 1 is 1.28 bits per heavy atom. The van der Waals surface area contributed by atoms with Crippen molar-refractivity contribution in [2.75, 3.05) is 37.7 Å². The number of rotatable bonds is 3. The van der Waals surface area contributed by atoms with E-state index in [1.807, 2.05) is 0 Å². The SMILES string of the molecule is CCC(C)(C)C(=O)N1CCN(C2CCSC2)CC1. The number of carbonyl (C=O) groups is 1. The predicted molar refractivity (Wildman–Crippen MR) is 78.0 cm³/mol. The number of nitrogens with zero attached hydrogens (tertiary/aromatic N) is 2. The summed E-state index contributed by atoms with van der Waals surface area (Å²) >= 11 is 2.07. The maximum absolute atomic E-state index is 12.4. The molecule has 2 saturated heterocycles. The van der Waals surface area contributed by atoms with E-state index in [0.29, 0.717) is 5.91 Å². The third-order valence-electron chi connectivity index (χ3n) is 4.49. The summed E-state index contributed by atoms with van der Waals surface area (Å²) in [5.41, 5.74) is -0.189. The highest BCUT2D eigenvalue weighted by molar-refractivity contribution is 7.99. The molecule has 2 aliphatic heterocycles. The molecule has 2 rings (SSSR count). The van der Waals surface area contributed by atoms with E-state index in [1.165, 1.54) is 17.9 Å². The summed E-state index contributed by atoms with van der Waals surface area (Å²) in [6.07, 6.45) is 2.25. The highest BCUT2D eigenvalue weighted by Gasteiger charge is 2.33. The van der Waals surface area contributed by atoms with Crippen LogP contribution in [-0.4, -0.2) is 59.4 Å². The molecule has 18 heavy (non-hydrogen) atoms. The molecular weight excluding hydrogens is 244 g/mol. The first-order valence-corrected chi connectivity index (χ1v) is 8.31. The molecule has 1 atom stereocenters. The highest BCUT2D eigenvalue weighted by atomic mass is 32.2. The normalized spacial score (nSPS) is 26.6. The number of hydrogen-bond acceptors (Lipinski definition) is 3. The molecule has 0 N–H and O–H groups in total. The van der Waals surface area contributed by atoms with Crippen LogP contribution in [-0.2, 0) is 4.79 Å². The minimum Gasteiger partial charge on any atom is -0.340 e. The quantitative estimate of drug-likeness (QED) is 0.784. The molecule has 2 heterocycles. The van der Waals surface area contributed by atoms with Crippen LogP contribution in [0.2, 0.25) is 0 Å². The molecule has 2 aliphatic rings. The van der Waals surface area contributed by atoms with E-state index >= 15 is 0 Å². The molecule has 1 amide bonds. The Kier molecular flexibility index (Phi) is 4.59. The van der Waals surface area contributed by atoms with Crippen molar-refractivity contribution in [3.8, 4) is 0 Å².